The van der Waals surface area contributed by atoms with Crippen LogP contribution in [0.1, 0.15) is 11.1 Å². The molecule has 0 aliphatic heterocycles. The molecule has 0 unspecified atom stereocenters. The molecule has 0 aliphatic carbocycles. The normalized spacial score (nSPS) is 10.7. The van der Waals surface area contributed by atoms with Crippen LogP contribution in [-0.4, -0.2) is 13.3 Å². The van der Waals surface area contributed by atoms with Crippen molar-refractivity contribution in [3.8, 4) is 12.3 Å². The molecule has 0 bridgehead atoms. The van der Waals surface area contributed by atoms with Crippen LogP contribution >= 0.6 is 0 Å². The molecule has 0 saturated carbocycles. The predicted octanol–water partition coefficient (Wildman–Crippen LogP) is 2.69. The van der Waals surface area contributed by atoms with E-state index in [9.17, 15) is 18.5 Å². The van der Waals surface area contributed by atoms with Gasteiger partial charge in [-0.25, -0.2) is 8.42 Å². The van der Waals surface area contributed by atoms with Gasteiger partial charge in [0.05, 0.1) is 15.5 Å². The molecule has 1 N–H and O–H groups in total. The molecule has 7 heteroatoms. The Morgan fingerprint density at radius 2 is 1.95 bits per heavy atom. The summed E-state index contributed by atoms with van der Waals surface area (Å²) in [6.45, 7) is 1.54. The Labute approximate surface area is 128 Å². The van der Waals surface area contributed by atoms with Crippen LogP contribution < -0.4 is 4.72 Å². The van der Waals surface area contributed by atoms with Gasteiger partial charge in [0.1, 0.15) is 0 Å². The highest BCUT2D eigenvalue weighted by atomic mass is 32.2. The van der Waals surface area contributed by atoms with Gasteiger partial charge in [0.15, 0.2) is 0 Å². The van der Waals surface area contributed by atoms with E-state index in [1.807, 2.05) is 0 Å². The molecule has 0 aromatic heterocycles. The van der Waals surface area contributed by atoms with Crippen molar-refractivity contribution >= 4 is 21.4 Å². The minimum Gasteiger partial charge on any atom is -0.280 e. The third kappa shape index (κ3) is 3.24. The molecule has 0 amide bonds. The van der Waals surface area contributed by atoms with Crippen molar-refractivity contribution in [2.75, 3.05) is 4.72 Å². The maximum atomic E-state index is 12.3. The highest BCUT2D eigenvalue weighted by Crippen LogP contribution is 2.24. The van der Waals surface area contributed by atoms with E-state index in [0.717, 1.165) is 6.07 Å². The van der Waals surface area contributed by atoms with E-state index < -0.39 is 14.9 Å². The summed E-state index contributed by atoms with van der Waals surface area (Å²) >= 11 is 0. The van der Waals surface area contributed by atoms with Gasteiger partial charge in [-0.3, -0.25) is 14.8 Å². The van der Waals surface area contributed by atoms with E-state index in [1.165, 1.54) is 18.2 Å². The van der Waals surface area contributed by atoms with Gasteiger partial charge in [-0.05, 0) is 31.2 Å². The number of hydrogen-bond acceptors (Lipinski definition) is 4. The molecule has 0 heterocycles. The highest BCUT2D eigenvalue weighted by molar-refractivity contribution is 7.92. The lowest BCUT2D eigenvalue weighted by Crippen LogP contribution is -2.13. The molecule has 0 spiro atoms. The first-order valence-corrected chi connectivity index (χ1v) is 7.66. The molecule has 22 heavy (non-hydrogen) atoms. The lowest BCUT2D eigenvalue weighted by molar-refractivity contribution is -0.385. The second-order valence-electron chi connectivity index (χ2n) is 4.54. The number of nitrogens with one attached hydrogen (secondary N) is 1. The summed E-state index contributed by atoms with van der Waals surface area (Å²) in [7, 11) is -3.93. The van der Waals surface area contributed by atoms with E-state index in [1.54, 1.807) is 25.1 Å². The average Bonchev–Trinajstić information content (AvgIpc) is 2.46. The smallest absolute Gasteiger partial charge is 0.273 e. The Hall–Kier alpha value is -2.85. The number of nitro benzene ring substituents is 1. The van der Waals surface area contributed by atoms with E-state index in [0.29, 0.717) is 16.8 Å². The number of nitro groups is 1. The van der Waals surface area contributed by atoms with Crippen LogP contribution in [0.15, 0.2) is 47.4 Å². The van der Waals surface area contributed by atoms with Crippen molar-refractivity contribution < 1.29 is 13.3 Å². The van der Waals surface area contributed by atoms with Crippen molar-refractivity contribution in [3.05, 3.63) is 63.7 Å². The van der Waals surface area contributed by atoms with Crippen LogP contribution in [0, 0.1) is 29.4 Å². The van der Waals surface area contributed by atoms with Gasteiger partial charge in [-0.1, -0.05) is 18.1 Å². The number of terminal acetylenes is 1. The SMILES string of the molecule is C#Cc1cccc(NS(=O)(=O)c2ccc(C)c([N+](=O)[O-])c2)c1. The summed E-state index contributed by atoms with van der Waals surface area (Å²) in [6.07, 6.45) is 5.26. The zero-order valence-corrected chi connectivity index (χ0v) is 12.4. The fraction of sp³-hybridized carbons (Fsp3) is 0.0667. The van der Waals surface area contributed by atoms with E-state index in [-0.39, 0.29) is 10.6 Å². The molecular weight excluding hydrogens is 304 g/mol. The van der Waals surface area contributed by atoms with Crippen LogP contribution in [0.4, 0.5) is 11.4 Å². The van der Waals surface area contributed by atoms with Crippen LogP contribution in [0.2, 0.25) is 0 Å². The molecule has 0 fully saturated rings. The number of aryl methyl sites for hydroxylation is 1. The summed E-state index contributed by atoms with van der Waals surface area (Å²) in [5.41, 5.74) is 0.951. The van der Waals surface area contributed by atoms with Gasteiger partial charge < -0.3 is 0 Å². The third-order valence-corrected chi connectivity index (χ3v) is 4.35. The molecule has 2 aromatic carbocycles. The largest absolute Gasteiger partial charge is 0.280 e. The van der Waals surface area contributed by atoms with Crippen molar-refractivity contribution in [1.82, 2.24) is 0 Å². The van der Waals surface area contributed by atoms with Crippen molar-refractivity contribution in [2.45, 2.75) is 11.8 Å². The Morgan fingerprint density at radius 1 is 1.23 bits per heavy atom. The number of hydrogen-bond donors (Lipinski definition) is 1. The number of nitrogens with zero attached hydrogens (tertiary/aromatic N) is 1. The molecule has 2 aromatic rings. The minimum atomic E-state index is -3.93. The van der Waals surface area contributed by atoms with Crippen molar-refractivity contribution in [3.63, 3.8) is 0 Å². The van der Waals surface area contributed by atoms with E-state index in [2.05, 4.69) is 10.6 Å². The zero-order chi connectivity index (χ0) is 16.3. The quantitative estimate of drug-likeness (QED) is 0.533. The first-order valence-electron chi connectivity index (χ1n) is 6.18. The topological polar surface area (TPSA) is 89.3 Å². The third-order valence-electron chi connectivity index (χ3n) is 2.97. The van der Waals surface area contributed by atoms with E-state index in [4.69, 9.17) is 6.42 Å². The highest BCUT2D eigenvalue weighted by Gasteiger charge is 2.19. The Morgan fingerprint density at radius 3 is 2.59 bits per heavy atom. The van der Waals surface area contributed by atoms with Gasteiger partial charge in [-0.2, -0.15) is 0 Å². The van der Waals surface area contributed by atoms with Crippen LogP contribution in [0.25, 0.3) is 0 Å². The molecular formula is C15H12N2O4S. The van der Waals surface area contributed by atoms with Gasteiger partial charge in [0, 0.05) is 17.2 Å². The maximum absolute atomic E-state index is 12.3. The fourth-order valence-corrected chi connectivity index (χ4v) is 2.91. The molecule has 6 nitrogen and oxygen atoms in total. The minimum absolute atomic E-state index is 0.184. The lowest BCUT2D eigenvalue weighted by atomic mass is 10.2. The van der Waals surface area contributed by atoms with Gasteiger partial charge in [0.25, 0.3) is 15.7 Å². The van der Waals surface area contributed by atoms with Crippen LogP contribution in [-0.2, 0) is 10.0 Å². The monoisotopic (exact) mass is 316 g/mol. The first kappa shape index (κ1) is 15.5. The number of sulfonamides is 1. The van der Waals surface area contributed by atoms with Crippen molar-refractivity contribution in [2.24, 2.45) is 0 Å². The molecule has 0 atom stereocenters. The zero-order valence-electron chi connectivity index (χ0n) is 11.6. The average molecular weight is 316 g/mol. The second-order valence-corrected chi connectivity index (χ2v) is 6.22. The molecule has 0 aliphatic rings. The summed E-state index contributed by atoms with van der Waals surface area (Å²) in [4.78, 5) is 10.1. The summed E-state index contributed by atoms with van der Waals surface area (Å²) in [6, 6.07) is 10.1. The molecule has 0 saturated heterocycles. The second kappa shape index (κ2) is 5.87. The molecule has 2 rings (SSSR count). The summed E-state index contributed by atoms with van der Waals surface area (Å²) < 4.78 is 27.0. The summed E-state index contributed by atoms with van der Waals surface area (Å²) in [5, 5.41) is 10.9. The number of benzene rings is 2. The van der Waals surface area contributed by atoms with Gasteiger partial charge in [-0.15, -0.1) is 6.42 Å². The number of anilines is 1. The van der Waals surface area contributed by atoms with Crippen LogP contribution in [0.5, 0.6) is 0 Å². The maximum Gasteiger partial charge on any atom is 0.273 e. The first-order chi connectivity index (χ1) is 10.3. The Balaban J connectivity index is 2.41. The predicted molar refractivity (Wildman–Crippen MR) is 83.0 cm³/mol. The molecule has 0 radical (unpaired) electrons. The van der Waals surface area contributed by atoms with Crippen molar-refractivity contribution in [1.29, 1.82) is 0 Å². The van der Waals surface area contributed by atoms with E-state index >= 15 is 0 Å². The summed E-state index contributed by atoms with van der Waals surface area (Å²) in [5.74, 6) is 2.40. The Kier molecular flexibility index (Phi) is 4.15. The standard InChI is InChI=1S/C15H12N2O4S/c1-3-12-5-4-6-13(9-12)16-22(20,21)14-8-7-11(2)15(10-14)17(18)19/h1,4-10,16H,2H3. The van der Waals surface area contributed by atoms with Gasteiger partial charge >= 0.3 is 0 Å². The Bertz CT molecular complexity index is 883. The van der Waals surface area contributed by atoms with Crippen LogP contribution in [0.3, 0.4) is 0 Å². The number of rotatable bonds is 4. The molecule has 112 valence electrons. The lowest BCUT2D eigenvalue weighted by Gasteiger charge is -2.09. The fourth-order valence-electron chi connectivity index (χ4n) is 1.84. The van der Waals surface area contributed by atoms with Gasteiger partial charge in [0.2, 0.25) is 0 Å².